The normalized spacial score (nSPS) is 26.7. The molecule has 0 aliphatic carbocycles. The lowest BCUT2D eigenvalue weighted by molar-refractivity contribution is -0.244. The second-order valence-electron chi connectivity index (χ2n) is 6.71. The van der Waals surface area contributed by atoms with Gasteiger partial charge < -0.3 is 34.8 Å². The average molecular weight is 405 g/mol. The number of ether oxygens (including phenoxy) is 3. The molecule has 1 heterocycles. The highest BCUT2D eigenvalue weighted by Gasteiger charge is 2.46. The van der Waals surface area contributed by atoms with E-state index in [2.05, 4.69) is 5.32 Å². The summed E-state index contributed by atoms with van der Waals surface area (Å²) in [6.07, 6.45) is -5.34. The predicted octanol–water partition coefficient (Wildman–Crippen LogP) is -0.0511. The minimum Gasteiger partial charge on any atom is -0.465 e. The van der Waals surface area contributed by atoms with E-state index >= 15 is 0 Å². The maximum atomic E-state index is 12.3. The number of amides is 1. The van der Waals surface area contributed by atoms with Gasteiger partial charge in [0.15, 0.2) is 0 Å². The molecule has 0 spiro atoms. The van der Waals surface area contributed by atoms with Crippen molar-refractivity contribution in [3.63, 3.8) is 0 Å². The van der Waals surface area contributed by atoms with E-state index < -0.39 is 49.1 Å². The molecule has 0 unspecified atom stereocenters. The van der Waals surface area contributed by atoms with Gasteiger partial charge in [0.25, 0.3) is 0 Å². The molecule has 1 saturated heterocycles. The number of hydrogen-bond acceptors (Lipinski definition) is 8. The van der Waals surface area contributed by atoms with Crippen molar-refractivity contribution in [2.75, 3.05) is 13.7 Å². The van der Waals surface area contributed by atoms with E-state index in [0.717, 1.165) is 5.39 Å². The summed E-state index contributed by atoms with van der Waals surface area (Å²) < 4.78 is 16.4. The molecular formula is C20H23NO8. The van der Waals surface area contributed by atoms with Crippen molar-refractivity contribution in [3.8, 4) is 5.75 Å². The molecular weight excluding hydrogens is 382 g/mol. The van der Waals surface area contributed by atoms with Gasteiger partial charge in [-0.1, -0.05) is 30.3 Å². The first-order valence-electron chi connectivity index (χ1n) is 9.03. The van der Waals surface area contributed by atoms with Crippen LogP contribution in [0.1, 0.15) is 17.3 Å². The van der Waals surface area contributed by atoms with Crippen LogP contribution in [0.3, 0.4) is 0 Å². The number of methoxy groups -OCH3 is 1. The summed E-state index contributed by atoms with van der Waals surface area (Å²) in [6, 6.07) is 9.27. The topological polar surface area (TPSA) is 135 Å². The van der Waals surface area contributed by atoms with Gasteiger partial charge in [0.05, 0.1) is 13.7 Å². The number of carbonyl (C=O) groups is 2. The first-order chi connectivity index (χ1) is 13.9. The predicted molar refractivity (Wildman–Crippen MR) is 101 cm³/mol. The van der Waals surface area contributed by atoms with Gasteiger partial charge in [-0.25, -0.2) is 4.79 Å². The molecule has 2 aromatic rings. The maximum Gasteiger partial charge on any atom is 0.341 e. The molecule has 156 valence electrons. The van der Waals surface area contributed by atoms with Crippen molar-refractivity contribution in [2.24, 2.45) is 0 Å². The van der Waals surface area contributed by atoms with Gasteiger partial charge in [-0.15, -0.1) is 0 Å². The molecule has 0 bridgehead atoms. The molecule has 3 rings (SSSR count). The van der Waals surface area contributed by atoms with Gasteiger partial charge in [-0.05, 0) is 11.5 Å². The number of aliphatic hydroxyl groups excluding tert-OH is 3. The van der Waals surface area contributed by atoms with Crippen LogP contribution in [0, 0.1) is 0 Å². The number of aliphatic hydroxyl groups is 3. The van der Waals surface area contributed by atoms with Crippen molar-refractivity contribution in [2.45, 2.75) is 37.6 Å². The van der Waals surface area contributed by atoms with E-state index in [1.807, 2.05) is 12.1 Å². The summed E-state index contributed by atoms with van der Waals surface area (Å²) in [5.74, 6) is -0.987. The van der Waals surface area contributed by atoms with Crippen LogP contribution in [0.4, 0.5) is 0 Å². The van der Waals surface area contributed by atoms with Crippen LogP contribution in [0.2, 0.25) is 0 Å². The average Bonchev–Trinajstić information content (AvgIpc) is 2.72. The first-order valence-corrected chi connectivity index (χ1v) is 9.03. The molecule has 1 aliphatic heterocycles. The van der Waals surface area contributed by atoms with Gasteiger partial charge in [-0.2, -0.15) is 0 Å². The van der Waals surface area contributed by atoms with Gasteiger partial charge in [0, 0.05) is 12.3 Å². The number of benzene rings is 2. The summed E-state index contributed by atoms with van der Waals surface area (Å²) in [5.41, 5.74) is 0.123. The number of fused-ring (bicyclic) bond motifs is 1. The smallest absolute Gasteiger partial charge is 0.341 e. The lowest BCUT2D eigenvalue weighted by Crippen LogP contribution is -2.65. The fourth-order valence-corrected chi connectivity index (χ4v) is 3.33. The highest BCUT2D eigenvalue weighted by atomic mass is 16.7. The summed E-state index contributed by atoms with van der Waals surface area (Å²) >= 11 is 0. The van der Waals surface area contributed by atoms with E-state index in [9.17, 15) is 24.9 Å². The Bertz CT molecular complexity index is 901. The van der Waals surface area contributed by atoms with Crippen LogP contribution in [0.15, 0.2) is 36.4 Å². The molecule has 0 saturated carbocycles. The highest BCUT2D eigenvalue weighted by molar-refractivity contribution is 6.01. The standard InChI is InChI=1S/C20H23NO8/c1-10(23)21-15-17(25)16(24)14(9-22)28-20(15)29-18-12-6-4-3-5-11(12)7-8-13(18)19(26)27-2/h3-8,14-17,20,22,24-25H,9H2,1-2H3,(H,21,23)/t14-,15+,16-,17-,20+/m1/s1. The minimum absolute atomic E-state index is 0.123. The number of hydrogen-bond donors (Lipinski definition) is 4. The van der Waals surface area contributed by atoms with Crippen LogP contribution >= 0.6 is 0 Å². The third-order valence-corrected chi connectivity index (χ3v) is 4.77. The summed E-state index contributed by atoms with van der Waals surface area (Å²) in [6.45, 7) is 0.663. The SMILES string of the molecule is COC(=O)c1ccc2ccccc2c1O[C@@H]1O[C@H](CO)[C@@H](O)[C@H](O)[C@@H]1NC(C)=O. The lowest BCUT2D eigenvalue weighted by atomic mass is 9.96. The molecule has 4 N–H and O–H groups in total. The summed E-state index contributed by atoms with van der Waals surface area (Å²) in [5, 5.41) is 33.9. The minimum atomic E-state index is -1.47. The number of rotatable bonds is 5. The first kappa shape index (κ1) is 21.0. The fraction of sp³-hybridized carbons (Fsp3) is 0.400. The van der Waals surface area contributed by atoms with Crippen molar-refractivity contribution >= 4 is 22.6 Å². The van der Waals surface area contributed by atoms with E-state index in [0.29, 0.717) is 5.39 Å². The van der Waals surface area contributed by atoms with Gasteiger partial charge in [-0.3, -0.25) is 4.79 Å². The Morgan fingerprint density at radius 1 is 1.14 bits per heavy atom. The van der Waals surface area contributed by atoms with E-state index in [1.54, 1.807) is 18.2 Å². The fourth-order valence-electron chi connectivity index (χ4n) is 3.33. The summed E-state index contributed by atoms with van der Waals surface area (Å²) in [7, 11) is 1.24. The third-order valence-electron chi connectivity index (χ3n) is 4.77. The lowest BCUT2D eigenvalue weighted by Gasteiger charge is -2.42. The monoisotopic (exact) mass is 405 g/mol. The van der Waals surface area contributed by atoms with Crippen LogP contribution in [-0.2, 0) is 14.3 Å². The quantitative estimate of drug-likeness (QED) is 0.509. The van der Waals surface area contributed by atoms with Crippen molar-refractivity contribution < 1.29 is 39.1 Å². The Morgan fingerprint density at radius 2 is 1.86 bits per heavy atom. The molecule has 1 fully saturated rings. The Kier molecular flexibility index (Phi) is 6.33. The zero-order valence-corrected chi connectivity index (χ0v) is 15.9. The zero-order valence-electron chi connectivity index (χ0n) is 15.9. The molecule has 5 atom stereocenters. The molecule has 29 heavy (non-hydrogen) atoms. The molecule has 1 amide bonds. The number of nitrogens with one attached hydrogen (secondary N) is 1. The van der Waals surface area contributed by atoms with E-state index in [-0.39, 0.29) is 11.3 Å². The van der Waals surface area contributed by atoms with Crippen LogP contribution in [0.25, 0.3) is 10.8 Å². The number of carbonyl (C=O) groups excluding carboxylic acids is 2. The maximum absolute atomic E-state index is 12.3. The largest absolute Gasteiger partial charge is 0.465 e. The Balaban J connectivity index is 2.06. The van der Waals surface area contributed by atoms with Gasteiger partial charge in [0.1, 0.15) is 35.7 Å². The number of esters is 1. The van der Waals surface area contributed by atoms with Crippen molar-refractivity contribution in [3.05, 3.63) is 42.0 Å². The van der Waals surface area contributed by atoms with Gasteiger partial charge in [0.2, 0.25) is 12.2 Å². The summed E-state index contributed by atoms with van der Waals surface area (Å²) in [4.78, 5) is 23.9. The van der Waals surface area contributed by atoms with Gasteiger partial charge >= 0.3 is 5.97 Å². The third kappa shape index (κ3) is 4.18. The zero-order chi connectivity index (χ0) is 21.1. The van der Waals surface area contributed by atoms with Crippen molar-refractivity contribution in [1.82, 2.24) is 5.32 Å². The Hall–Kier alpha value is -2.72. The van der Waals surface area contributed by atoms with E-state index in [4.69, 9.17) is 14.2 Å². The molecule has 9 nitrogen and oxygen atoms in total. The van der Waals surface area contributed by atoms with Crippen LogP contribution in [0.5, 0.6) is 5.75 Å². The Morgan fingerprint density at radius 3 is 2.52 bits per heavy atom. The Labute approximate surface area is 166 Å². The second kappa shape index (κ2) is 8.75. The molecule has 9 heteroatoms. The molecule has 0 radical (unpaired) electrons. The molecule has 1 aliphatic rings. The van der Waals surface area contributed by atoms with E-state index in [1.165, 1.54) is 20.1 Å². The van der Waals surface area contributed by atoms with Crippen LogP contribution < -0.4 is 10.1 Å². The van der Waals surface area contributed by atoms with Crippen molar-refractivity contribution in [1.29, 1.82) is 0 Å². The van der Waals surface area contributed by atoms with Crippen LogP contribution in [-0.4, -0.2) is 71.6 Å². The second-order valence-corrected chi connectivity index (χ2v) is 6.71. The molecule has 2 aromatic carbocycles. The molecule has 0 aromatic heterocycles. The highest BCUT2D eigenvalue weighted by Crippen LogP contribution is 2.33.